The lowest BCUT2D eigenvalue weighted by Crippen LogP contribution is -2.28. The van der Waals surface area contributed by atoms with E-state index in [0.717, 1.165) is 31.2 Å². The van der Waals surface area contributed by atoms with Crippen LogP contribution in [-0.4, -0.2) is 34.2 Å². The minimum absolute atomic E-state index is 0.0133. The van der Waals surface area contributed by atoms with Gasteiger partial charge in [0.05, 0.1) is 28.4 Å². The smallest absolute Gasteiger partial charge is 0.261 e. The first-order valence-corrected chi connectivity index (χ1v) is 12.8. The molecule has 1 aromatic carbocycles. The molecule has 33 heavy (non-hydrogen) atoms. The number of H-pyrrole nitrogens is 1. The van der Waals surface area contributed by atoms with Gasteiger partial charge in [-0.1, -0.05) is 12.8 Å². The maximum absolute atomic E-state index is 12.7. The molecule has 2 aromatic heterocycles. The lowest BCUT2D eigenvalue weighted by atomic mass is 9.85. The number of nitrogens with zero attached hydrogens (tertiary/aromatic N) is 4. The molecular formula is C23H28N6O3S. The van der Waals surface area contributed by atoms with Gasteiger partial charge in [-0.2, -0.15) is 14.7 Å². The second-order valence-corrected chi connectivity index (χ2v) is 11.0. The third-order valence-corrected chi connectivity index (χ3v) is 8.88. The van der Waals surface area contributed by atoms with E-state index in [0.29, 0.717) is 33.8 Å². The third kappa shape index (κ3) is 3.61. The Kier molecular flexibility index (Phi) is 5.45. The molecule has 1 aliphatic carbocycles. The Hall–Kier alpha value is -2.84. The average molecular weight is 469 g/mol. The molecule has 0 radical (unpaired) electrons. The van der Waals surface area contributed by atoms with E-state index in [9.17, 15) is 19.2 Å². The van der Waals surface area contributed by atoms with Gasteiger partial charge >= 0.3 is 0 Å². The van der Waals surface area contributed by atoms with Crippen LogP contribution < -0.4 is 10.9 Å². The summed E-state index contributed by atoms with van der Waals surface area (Å²) >= 11 is 0. The van der Waals surface area contributed by atoms with Crippen molar-refractivity contribution in [1.29, 1.82) is 5.26 Å². The summed E-state index contributed by atoms with van der Waals surface area (Å²) in [6.07, 6.45) is 5.35. The number of aromatic amines is 1. The number of fused-ring (bicyclic) bond motifs is 2. The SMILES string of the molecule is CC(C)N1Cc2cc(Nc3nn(C4CCCCC4C#N)c4cc[nH]c(=O)c34)ccc2S1(O)O. The highest BCUT2D eigenvalue weighted by Crippen LogP contribution is 2.59. The molecule has 5 rings (SSSR count). The van der Waals surface area contributed by atoms with E-state index in [4.69, 9.17) is 5.10 Å². The minimum atomic E-state index is -3.00. The van der Waals surface area contributed by atoms with E-state index < -0.39 is 10.8 Å². The fraction of sp³-hybridized carbons (Fsp3) is 0.435. The van der Waals surface area contributed by atoms with Crippen LogP contribution in [-0.2, 0) is 6.54 Å². The van der Waals surface area contributed by atoms with Crippen molar-refractivity contribution in [3.8, 4) is 6.07 Å². The van der Waals surface area contributed by atoms with Crippen LogP contribution in [0.2, 0.25) is 0 Å². The number of anilines is 2. The van der Waals surface area contributed by atoms with Gasteiger partial charge in [-0.3, -0.25) is 18.6 Å². The molecule has 4 N–H and O–H groups in total. The number of rotatable bonds is 4. The molecule has 3 heterocycles. The van der Waals surface area contributed by atoms with Crippen LogP contribution in [0.5, 0.6) is 0 Å². The van der Waals surface area contributed by atoms with Crippen molar-refractivity contribution in [2.45, 2.75) is 63.1 Å². The van der Waals surface area contributed by atoms with E-state index >= 15 is 0 Å². The zero-order valence-corrected chi connectivity index (χ0v) is 19.5. The maximum atomic E-state index is 12.7. The third-order valence-electron chi connectivity index (χ3n) is 6.69. The first-order chi connectivity index (χ1) is 15.8. The van der Waals surface area contributed by atoms with Gasteiger partial charge in [-0.15, -0.1) is 10.8 Å². The molecule has 9 nitrogen and oxygen atoms in total. The Morgan fingerprint density at radius 1 is 1.27 bits per heavy atom. The van der Waals surface area contributed by atoms with E-state index in [1.54, 1.807) is 22.6 Å². The number of nitrogens with one attached hydrogen (secondary N) is 2. The Morgan fingerprint density at radius 2 is 2.06 bits per heavy atom. The maximum Gasteiger partial charge on any atom is 0.261 e. The number of hydrogen-bond acceptors (Lipinski definition) is 7. The molecule has 174 valence electrons. The number of nitriles is 1. The Morgan fingerprint density at radius 3 is 2.82 bits per heavy atom. The fourth-order valence-electron chi connectivity index (χ4n) is 5.04. The van der Waals surface area contributed by atoms with Gasteiger partial charge in [0, 0.05) is 24.5 Å². The fourth-order valence-corrected chi connectivity index (χ4v) is 6.93. The van der Waals surface area contributed by atoms with Crippen LogP contribution >= 0.6 is 10.8 Å². The molecule has 1 fully saturated rings. The van der Waals surface area contributed by atoms with Crippen LogP contribution in [0, 0.1) is 17.2 Å². The molecule has 0 amide bonds. The molecule has 0 spiro atoms. The van der Waals surface area contributed by atoms with Gasteiger partial charge in [0.25, 0.3) is 5.56 Å². The average Bonchev–Trinajstić information content (AvgIpc) is 3.29. The number of aromatic nitrogens is 3. The Balaban J connectivity index is 1.54. The minimum Gasteiger partial charge on any atom is -0.338 e. The number of benzene rings is 1. The molecule has 3 aromatic rings. The highest BCUT2D eigenvalue weighted by Gasteiger charge is 2.37. The lowest BCUT2D eigenvalue weighted by Gasteiger charge is -2.39. The molecule has 2 aliphatic rings. The van der Waals surface area contributed by atoms with E-state index in [1.807, 2.05) is 30.7 Å². The molecule has 0 bridgehead atoms. The summed E-state index contributed by atoms with van der Waals surface area (Å²) in [5.74, 6) is 0.292. The quantitative estimate of drug-likeness (QED) is 0.425. The second-order valence-electron chi connectivity index (χ2n) is 9.08. The number of hydrogen-bond donors (Lipinski definition) is 4. The molecule has 0 saturated heterocycles. The van der Waals surface area contributed by atoms with Crippen molar-refractivity contribution in [3.63, 3.8) is 0 Å². The van der Waals surface area contributed by atoms with Gasteiger partial charge in [0.1, 0.15) is 5.39 Å². The van der Waals surface area contributed by atoms with E-state index in [1.165, 1.54) is 0 Å². The predicted octanol–water partition coefficient (Wildman–Crippen LogP) is 4.97. The molecule has 1 saturated carbocycles. The van der Waals surface area contributed by atoms with Crippen molar-refractivity contribution in [1.82, 2.24) is 19.1 Å². The van der Waals surface area contributed by atoms with Crippen molar-refractivity contribution < 1.29 is 9.11 Å². The van der Waals surface area contributed by atoms with E-state index in [-0.39, 0.29) is 23.6 Å². The van der Waals surface area contributed by atoms with Gasteiger partial charge in [-0.05, 0) is 56.5 Å². The summed E-state index contributed by atoms with van der Waals surface area (Å²) in [5, 5.41) is 18.2. The zero-order valence-electron chi connectivity index (χ0n) is 18.7. The monoisotopic (exact) mass is 468 g/mol. The van der Waals surface area contributed by atoms with Crippen LogP contribution in [0.15, 0.2) is 40.2 Å². The van der Waals surface area contributed by atoms with Crippen LogP contribution in [0.1, 0.15) is 51.1 Å². The predicted molar refractivity (Wildman–Crippen MR) is 128 cm³/mol. The van der Waals surface area contributed by atoms with E-state index in [2.05, 4.69) is 16.4 Å². The number of pyridine rings is 1. The first kappa shape index (κ1) is 22.0. The van der Waals surface area contributed by atoms with Crippen molar-refractivity contribution >= 4 is 33.2 Å². The van der Waals surface area contributed by atoms with Crippen LogP contribution in [0.3, 0.4) is 0 Å². The second kappa shape index (κ2) is 8.18. The van der Waals surface area contributed by atoms with Crippen molar-refractivity contribution in [2.24, 2.45) is 5.92 Å². The Labute approximate surface area is 193 Å². The molecule has 2 unspecified atom stereocenters. The topological polar surface area (TPSA) is 130 Å². The van der Waals surface area contributed by atoms with Gasteiger partial charge in [0.2, 0.25) is 0 Å². The normalized spacial score (nSPS) is 23.4. The molecule has 10 heteroatoms. The molecular weight excluding hydrogens is 440 g/mol. The van der Waals surface area contributed by atoms with Crippen LogP contribution in [0.4, 0.5) is 11.5 Å². The highest BCUT2D eigenvalue weighted by molar-refractivity contribution is 8.22. The summed E-state index contributed by atoms with van der Waals surface area (Å²) in [6, 6.07) is 9.55. The molecule has 1 aliphatic heterocycles. The van der Waals surface area contributed by atoms with Crippen LogP contribution in [0.25, 0.3) is 10.9 Å². The van der Waals surface area contributed by atoms with Crippen molar-refractivity contribution in [2.75, 3.05) is 5.32 Å². The summed E-state index contributed by atoms with van der Waals surface area (Å²) in [5.41, 5.74) is 2.01. The highest BCUT2D eigenvalue weighted by atomic mass is 32.3. The van der Waals surface area contributed by atoms with Crippen molar-refractivity contribution in [3.05, 3.63) is 46.4 Å². The summed E-state index contributed by atoms with van der Waals surface area (Å²) < 4.78 is 24.9. The van der Waals surface area contributed by atoms with Gasteiger partial charge in [-0.25, -0.2) is 0 Å². The standard InChI is InChI=1S/C23H28N6O3S/c1-14(2)28-13-16-11-17(7-8-20(16)33(28,31)32)26-22-21-19(9-10-25-23(21)30)29(27-22)18-6-4-3-5-15(18)12-24/h7-11,14-15,18,31-32H,3-6,13H2,1-2H3,(H,25,30)(H,26,27). The van der Waals surface area contributed by atoms with Gasteiger partial charge in [0.15, 0.2) is 5.82 Å². The summed E-state index contributed by atoms with van der Waals surface area (Å²) in [4.78, 5) is 16.0. The Bertz CT molecular complexity index is 1310. The molecule has 2 atom stereocenters. The lowest BCUT2D eigenvalue weighted by molar-refractivity contribution is 0.277. The summed E-state index contributed by atoms with van der Waals surface area (Å²) in [7, 11) is -3.00. The first-order valence-electron chi connectivity index (χ1n) is 11.3. The largest absolute Gasteiger partial charge is 0.338 e. The zero-order chi connectivity index (χ0) is 23.3. The summed E-state index contributed by atoms with van der Waals surface area (Å²) in [6.45, 7) is 4.31. The van der Waals surface area contributed by atoms with Gasteiger partial charge < -0.3 is 10.3 Å².